The van der Waals surface area contributed by atoms with Crippen LogP contribution < -0.4 is 9.80 Å². The van der Waals surface area contributed by atoms with Crippen molar-refractivity contribution in [2.24, 2.45) is 0 Å². The van der Waals surface area contributed by atoms with E-state index >= 15 is 0 Å². The van der Waals surface area contributed by atoms with Gasteiger partial charge in [0.1, 0.15) is 0 Å². The number of imide groups is 1. The first-order chi connectivity index (χ1) is 13.6. The molecule has 3 heterocycles. The van der Waals surface area contributed by atoms with Gasteiger partial charge in [-0.1, -0.05) is 12.1 Å². The first-order valence-corrected chi connectivity index (χ1v) is 9.79. The highest BCUT2D eigenvalue weighted by Crippen LogP contribution is 2.39. The quantitative estimate of drug-likeness (QED) is 0.689. The normalized spacial score (nSPS) is 16.9. The molecule has 5 rings (SSSR count). The number of H-pyrrole nitrogens is 1. The van der Waals surface area contributed by atoms with E-state index in [2.05, 4.69) is 15.1 Å². The van der Waals surface area contributed by atoms with Gasteiger partial charge >= 0.3 is 0 Å². The maximum absolute atomic E-state index is 13.4. The van der Waals surface area contributed by atoms with Crippen LogP contribution in [0.5, 0.6) is 0 Å². The lowest BCUT2D eigenvalue weighted by atomic mass is 9.92. The fraction of sp³-hybridized carbons (Fsp3) is 0.318. The predicted molar refractivity (Wildman–Crippen MR) is 109 cm³/mol. The summed E-state index contributed by atoms with van der Waals surface area (Å²) in [6, 6.07) is 9.67. The number of aryl methyl sites for hydroxylation is 2. The number of aromatic nitrogens is 2. The van der Waals surface area contributed by atoms with Crippen LogP contribution in [0, 0.1) is 13.8 Å². The Hall–Kier alpha value is -3.15. The smallest absolute Gasteiger partial charge is 0.266 e. The predicted octanol–water partition coefficient (Wildman–Crippen LogP) is 3.97. The molecule has 0 unspecified atom stereocenters. The van der Waals surface area contributed by atoms with Crippen molar-refractivity contribution in [1.29, 1.82) is 0 Å². The van der Waals surface area contributed by atoms with Crippen LogP contribution in [0.2, 0.25) is 0 Å². The number of anilines is 2. The topological polar surface area (TPSA) is 69.3 Å². The van der Waals surface area contributed by atoms with E-state index < -0.39 is 0 Å². The third-order valence-corrected chi connectivity index (χ3v) is 5.89. The monoisotopic (exact) mass is 374 g/mol. The summed E-state index contributed by atoms with van der Waals surface area (Å²) in [4.78, 5) is 30.4. The number of carbonyl (C=O) groups is 2. The minimum Gasteiger partial charge on any atom is -0.371 e. The minimum atomic E-state index is -0.286. The molecule has 6 nitrogen and oxygen atoms in total. The highest BCUT2D eigenvalue weighted by atomic mass is 16.2. The van der Waals surface area contributed by atoms with Gasteiger partial charge in [-0.15, -0.1) is 0 Å². The van der Waals surface area contributed by atoms with Gasteiger partial charge in [0.2, 0.25) is 0 Å². The largest absolute Gasteiger partial charge is 0.371 e. The van der Waals surface area contributed by atoms with Crippen molar-refractivity contribution in [3.8, 4) is 0 Å². The molecule has 0 atom stereocenters. The summed E-state index contributed by atoms with van der Waals surface area (Å²) < 4.78 is 0. The van der Waals surface area contributed by atoms with E-state index in [9.17, 15) is 9.59 Å². The lowest BCUT2D eigenvalue weighted by molar-refractivity contribution is 0.0893. The summed E-state index contributed by atoms with van der Waals surface area (Å²) in [5, 5.41) is 8.79. The van der Waals surface area contributed by atoms with Gasteiger partial charge < -0.3 is 4.90 Å². The summed E-state index contributed by atoms with van der Waals surface area (Å²) in [7, 11) is 0. The first-order valence-electron chi connectivity index (χ1n) is 9.79. The average Bonchev–Trinajstić information content (AvgIpc) is 3.05. The molecule has 0 saturated carbocycles. The molecule has 1 aromatic heterocycles. The Morgan fingerprint density at radius 2 is 1.64 bits per heavy atom. The Balaban J connectivity index is 1.71. The third-order valence-electron chi connectivity index (χ3n) is 5.89. The number of hydrogen-bond donors (Lipinski definition) is 1. The van der Waals surface area contributed by atoms with Crippen LogP contribution in [0.4, 0.5) is 11.4 Å². The van der Waals surface area contributed by atoms with Gasteiger partial charge in [0, 0.05) is 40.7 Å². The lowest BCUT2D eigenvalue weighted by Crippen LogP contribution is -2.41. The molecule has 2 aromatic carbocycles. The molecule has 0 bridgehead atoms. The van der Waals surface area contributed by atoms with Crippen molar-refractivity contribution in [3.63, 3.8) is 0 Å². The number of nitrogens with zero attached hydrogens (tertiary/aromatic N) is 3. The third kappa shape index (κ3) is 2.30. The SMILES string of the molecule is Cc1n[nH]c(C)c1N1C(=O)c2cccc3c(N4CCCCC4)ccc(c23)C1=O. The number of benzene rings is 2. The van der Waals surface area contributed by atoms with E-state index in [4.69, 9.17) is 0 Å². The van der Waals surface area contributed by atoms with Crippen molar-refractivity contribution in [1.82, 2.24) is 10.2 Å². The number of aromatic amines is 1. The van der Waals surface area contributed by atoms with Crippen molar-refractivity contribution in [2.75, 3.05) is 22.9 Å². The zero-order valence-electron chi connectivity index (χ0n) is 16.1. The fourth-order valence-corrected chi connectivity index (χ4v) is 4.57. The molecule has 2 aliphatic rings. The van der Waals surface area contributed by atoms with Crippen LogP contribution in [-0.2, 0) is 0 Å². The van der Waals surface area contributed by atoms with E-state index in [1.807, 2.05) is 37.3 Å². The molecule has 1 saturated heterocycles. The Morgan fingerprint density at radius 1 is 0.929 bits per heavy atom. The molecule has 1 fully saturated rings. The van der Waals surface area contributed by atoms with Crippen LogP contribution in [0.15, 0.2) is 30.3 Å². The van der Waals surface area contributed by atoms with E-state index in [0.29, 0.717) is 28.2 Å². The molecule has 3 aromatic rings. The number of nitrogens with one attached hydrogen (secondary N) is 1. The van der Waals surface area contributed by atoms with Crippen LogP contribution in [0.1, 0.15) is 51.4 Å². The molecular formula is C22H22N4O2. The second kappa shape index (κ2) is 6.19. The van der Waals surface area contributed by atoms with E-state index in [1.165, 1.54) is 24.2 Å². The van der Waals surface area contributed by atoms with Gasteiger partial charge in [0.25, 0.3) is 11.8 Å². The fourth-order valence-electron chi connectivity index (χ4n) is 4.57. The molecule has 2 amide bonds. The molecule has 0 radical (unpaired) electrons. The second-order valence-electron chi connectivity index (χ2n) is 7.64. The van der Waals surface area contributed by atoms with Gasteiger partial charge in [-0.3, -0.25) is 14.7 Å². The van der Waals surface area contributed by atoms with Gasteiger partial charge in [0.05, 0.1) is 17.1 Å². The molecule has 6 heteroatoms. The van der Waals surface area contributed by atoms with E-state index in [1.54, 1.807) is 6.92 Å². The Labute approximate surface area is 163 Å². The number of hydrogen-bond acceptors (Lipinski definition) is 4. The zero-order chi connectivity index (χ0) is 19.4. The molecule has 142 valence electrons. The maximum Gasteiger partial charge on any atom is 0.266 e. The lowest BCUT2D eigenvalue weighted by Gasteiger charge is -2.32. The van der Waals surface area contributed by atoms with Crippen molar-refractivity contribution < 1.29 is 9.59 Å². The Bertz CT molecular complexity index is 1080. The van der Waals surface area contributed by atoms with Crippen molar-refractivity contribution in [2.45, 2.75) is 33.1 Å². The molecular weight excluding hydrogens is 352 g/mol. The molecule has 28 heavy (non-hydrogen) atoms. The van der Waals surface area contributed by atoms with Crippen molar-refractivity contribution in [3.05, 3.63) is 52.8 Å². The van der Waals surface area contributed by atoms with Crippen LogP contribution in [0.3, 0.4) is 0 Å². The van der Waals surface area contributed by atoms with Gasteiger partial charge in [-0.25, -0.2) is 4.90 Å². The molecule has 0 spiro atoms. The summed E-state index contributed by atoms with van der Waals surface area (Å²) >= 11 is 0. The standard InChI is InChI=1S/C22H22N4O2/c1-13-20(14(2)24-23-13)26-21(27)16-8-6-7-15-18(25-11-4-3-5-12-25)10-9-17(19(15)16)22(26)28/h6-10H,3-5,11-12H2,1-2H3,(H,23,24). The zero-order valence-corrected chi connectivity index (χ0v) is 16.1. The second-order valence-corrected chi connectivity index (χ2v) is 7.64. The summed E-state index contributed by atoms with van der Waals surface area (Å²) in [5.74, 6) is -0.571. The van der Waals surface area contributed by atoms with Crippen molar-refractivity contribution >= 4 is 34.0 Å². The summed E-state index contributed by atoms with van der Waals surface area (Å²) in [5.41, 5.74) is 4.17. The average molecular weight is 374 g/mol. The van der Waals surface area contributed by atoms with Crippen LogP contribution >= 0.6 is 0 Å². The molecule has 2 aliphatic heterocycles. The number of piperidine rings is 1. The molecule has 1 N–H and O–H groups in total. The van der Waals surface area contributed by atoms with Crippen LogP contribution in [0.25, 0.3) is 10.8 Å². The minimum absolute atomic E-state index is 0.286. The number of rotatable bonds is 2. The number of amides is 2. The highest BCUT2D eigenvalue weighted by Gasteiger charge is 2.37. The Kier molecular flexibility index (Phi) is 3.75. The van der Waals surface area contributed by atoms with Crippen LogP contribution in [-0.4, -0.2) is 35.1 Å². The van der Waals surface area contributed by atoms with E-state index in [-0.39, 0.29) is 11.8 Å². The van der Waals surface area contributed by atoms with Gasteiger partial charge in [0.15, 0.2) is 0 Å². The number of carbonyl (C=O) groups excluding carboxylic acids is 2. The highest BCUT2D eigenvalue weighted by molar-refractivity contribution is 6.36. The Morgan fingerprint density at radius 3 is 2.32 bits per heavy atom. The van der Waals surface area contributed by atoms with E-state index in [0.717, 1.165) is 29.5 Å². The maximum atomic E-state index is 13.4. The van der Waals surface area contributed by atoms with Gasteiger partial charge in [-0.05, 0) is 51.3 Å². The first kappa shape index (κ1) is 17.0. The summed E-state index contributed by atoms with van der Waals surface area (Å²) in [6.45, 7) is 5.65. The summed E-state index contributed by atoms with van der Waals surface area (Å²) in [6.07, 6.45) is 3.61. The molecule has 0 aliphatic carbocycles. The van der Waals surface area contributed by atoms with Gasteiger partial charge in [-0.2, -0.15) is 5.10 Å².